The first-order valence-electron chi connectivity index (χ1n) is 7.97. The van der Waals surface area contributed by atoms with E-state index >= 15 is 0 Å². The minimum atomic E-state index is -3.24. The fraction of sp³-hybridized carbons (Fsp3) is 0.158. The van der Waals surface area contributed by atoms with Crippen LogP contribution in [0, 0.1) is 0 Å². The maximum Gasteiger partial charge on any atom is 0.273 e. The Hall–Kier alpha value is -2.93. The van der Waals surface area contributed by atoms with Crippen LogP contribution in [0.15, 0.2) is 70.1 Å². The summed E-state index contributed by atoms with van der Waals surface area (Å²) in [6.45, 7) is 1.81. The number of nitrogens with zero attached hydrogens (tertiary/aromatic N) is 1. The molecule has 0 spiro atoms. The highest BCUT2D eigenvalue weighted by atomic mass is 32.2. The van der Waals surface area contributed by atoms with E-state index in [9.17, 15) is 13.2 Å². The Balaban J connectivity index is 1.71. The summed E-state index contributed by atoms with van der Waals surface area (Å²) in [5.41, 5.74) is 1.81. The Morgan fingerprint density at radius 3 is 2.35 bits per heavy atom. The van der Waals surface area contributed by atoms with Gasteiger partial charge in [0, 0.05) is 17.9 Å². The lowest BCUT2D eigenvalue weighted by Gasteiger charge is -2.13. The van der Waals surface area contributed by atoms with Gasteiger partial charge in [-0.1, -0.05) is 47.6 Å². The molecular weight excluding hydrogens is 352 g/mol. The summed E-state index contributed by atoms with van der Waals surface area (Å²) < 4.78 is 28.3. The van der Waals surface area contributed by atoms with E-state index in [4.69, 9.17) is 4.52 Å². The Morgan fingerprint density at radius 1 is 1.08 bits per heavy atom. The average molecular weight is 370 g/mol. The van der Waals surface area contributed by atoms with Gasteiger partial charge in [0.05, 0.1) is 10.9 Å². The van der Waals surface area contributed by atoms with Crippen LogP contribution in [0.5, 0.6) is 0 Å². The average Bonchev–Trinajstić information content (AvgIpc) is 3.12. The second kappa shape index (κ2) is 7.13. The van der Waals surface area contributed by atoms with Crippen molar-refractivity contribution < 1.29 is 17.7 Å². The van der Waals surface area contributed by atoms with Gasteiger partial charge in [-0.05, 0) is 24.6 Å². The molecule has 2 aromatic carbocycles. The molecule has 7 heteroatoms. The molecule has 134 valence electrons. The van der Waals surface area contributed by atoms with Crippen molar-refractivity contribution in [2.24, 2.45) is 0 Å². The monoisotopic (exact) mass is 370 g/mol. The summed E-state index contributed by atoms with van der Waals surface area (Å²) >= 11 is 0. The maximum atomic E-state index is 12.4. The van der Waals surface area contributed by atoms with Crippen molar-refractivity contribution >= 4 is 15.7 Å². The lowest BCUT2D eigenvalue weighted by Crippen LogP contribution is -2.26. The smallest absolute Gasteiger partial charge is 0.273 e. The number of hydrogen-bond donors (Lipinski definition) is 1. The zero-order valence-electron chi connectivity index (χ0n) is 14.3. The first-order valence-corrected chi connectivity index (χ1v) is 9.87. The van der Waals surface area contributed by atoms with Crippen molar-refractivity contribution in [3.8, 4) is 11.3 Å². The van der Waals surface area contributed by atoms with Crippen LogP contribution >= 0.6 is 0 Å². The van der Waals surface area contributed by atoms with Crippen LogP contribution in [0.1, 0.15) is 29.0 Å². The van der Waals surface area contributed by atoms with Gasteiger partial charge >= 0.3 is 0 Å². The van der Waals surface area contributed by atoms with Gasteiger partial charge in [-0.15, -0.1) is 0 Å². The predicted octanol–water partition coefficient (Wildman–Crippen LogP) is 3.24. The Morgan fingerprint density at radius 2 is 1.73 bits per heavy atom. The number of aromatic nitrogens is 1. The highest BCUT2D eigenvalue weighted by Gasteiger charge is 2.17. The van der Waals surface area contributed by atoms with Crippen LogP contribution in [-0.4, -0.2) is 25.7 Å². The molecule has 3 rings (SSSR count). The Labute approximate surface area is 151 Å². The van der Waals surface area contributed by atoms with Crippen LogP contribution < -0.4 is 5.32 Å². The van der Waals surface area contributed by atoms with Crippen LogP contribution in [0.2, 0.25) is 0 Å². The molecule has 0 aliphatic carbocycles. The number of rotatable bonds is 5. The first-order chi connectivity index (χ1) is 12.3. The van der Waals surface area contributed by atoms with Crippen LogP contribution in [-0.2, 0) is 9.84 Å². The summed E-state index contributed by atoms with van der Waals surface area (Å²) in [6, 6.07) is 17.1. The summed E-state index contributed by atoms with van der Waals surface area (Å²) in [6.07, 6.45) is 1.15. The van der Waals surface area contributed by atoms with Crippen LogP contribution in [0.4, 0.5) is 0 Å². The molecule has 6 nitrogen and oxygen atoms in total. The van der Waals surface area contributed by atoms with E-state index in [1.165, 1.54) is 12.1 Å². The van der Waals surface area contributed by atoms with E-state index in [0.29, 0.717) is 5.76 Å². The topological polar surface area (TPSA) is 89.3 Å². The second-order valence-corrected chi connectivity index (χ2v) is 7.99. The minimum absolute atomic E-state index is 0.184. The molecule has 26 heavy (non-hydrogen) atoms. The molecule has 0 aliphatic heterocycles. The highest BCUT2D eigenvalue weighted by molar-refractivity contribution is 7.90. The number of nitrogens with one attached hydrogen (secondary N) is 1. The molecule has 1 aromatic heterocycles. The summed E-state index contributed by atoms with van der Waals surface area (Å²) in [4.78, 5) is 12.6. The van der Waals surface area contributed by atoms with Crippen molar-refractivity contribution in [1.82, 2.24) is 10.5 Å². The second-order valence-electron chi connectivity index (χ2n) is 5.98. The zero-order chi connectivity index (χ0) is 18.7. The third-order valence-corrected chi connectivity index (χ3v) is 5.09. The number of carbonyl (C=O) groups excluding carboxylic acids is 1. The minimum Gasteiger partial charge on any atom is -0.355 e. The van der Waals surface area contributed by atoms with Gasteiger partial charge in [-0.3, -0.25) is 4.79 Å². The van der Waals surface area contributed by atoms with Crippen LogP contribution in [0.25, 0.3) is 11.3 Å². The summed E-state index contributed by atoms with van der Waals surface area (Å²) in [7, 11) is -3.24. The highest BCUT2D eigenvalue weighted by Crippen LogP contribution is 2.21. The molecule has 1 N–H and O–H groups in total. The van der Waals surface area contributed by atoms with Gasteiger partial charge in [0.2, 0.25) is 0 Å². The molecular formula is C19H18N2O4S. The summed E-state index contributed by atoms with van der Waals surface area (Å²) in [5, 5.41) is 6.64. The van der Waals surface area contributed by atoms with Gasteiger partial charge in [0.15, 0.2) is 21.3 Å². The van der Waals surface area contributed by atoms with Crippen molar-refractivity contribution in [1.29, 1.82) is 0 Å². The van der Waals surface area contributed by atoms with E-state index in [0.717, 1.165) is 17.4 Å². The first kappa shape index (κ1) is 17.9. The maximum absolute atomic E-state index is 12.4. The van der Waals surface area contributed by atoms with E-state index in [-0.39, 0.29) is 22.5 Å². The van der Waals surface area contributed by atoms with E-state index < -0.39 is 9.84 Å². The SMILES string of the molecule is CC(NC(=O)c1cc(-c2ccccc2)on1)c1ccc(S(C)(=O)=O)cc1. The molecule has 0 radical (unpaired) electrons. The molecule has 0 saturated heterocycles. The van der Waals surface area contributed by atoms with E-state index in [1.807, 2.05) is 37.3 Å². The quantitative estimate of drug-likeness (QED) is 0.745. The van der Waals surface area contributed by atoms with Gasteiger partial charge < -0.3 is 9.84 Å². The largest absolute Gasteiger partial charge is 0.355 e. The lowest BCUT2D eigenvalue weighted by molar-refractivity contribution is 0.0931. The normalized spacial score (nSPS) is 12.5. The molecule has 1 unspecified atom stereocenters. The van der Waals surface area contributed by atoms with Crippen molar-refractivity contribution in [3.05, 3.63) is 71.9 Å². The number of benzene rings is 2. The third-order valence-electron chi connectivity index (χ3n) is 3.96. The van der Waals surface area contributed by atoms with Crippen molar-refractivity contribution in [2.45, 2.75) is 17.9 Å². The predicted molar refractivity (Wildman–Crippen MR) is 97.4 cm³/mol. The fourth-order valence-electron chi connectivity index (χ4n) is 2.48. The van der Waals surface area contributed by atoms with Crippen LogP contribution in [0.3, 0.4) is 0 Å². The van der Waals surface area contributed by atoms with Gasteiger partial charge in [-0.2, -0.15) is 0 Å². The van der Waals surface area contributed by atoms with Gasteiger partial charge in [0.25, 0.3) is 5.91 Å². The zero-order valence-corrected chi connectivity index (χ0v) is 15.2. The third kappa shape index (κ3) is 4.00. The number of hydrogen-bond acceptors (Lipinski definition) is 5. The molecule has 0 aliphatic rings. The molecule has 1 atom stereocenters. The summed E-state index contributed by atoms with van der Waals surface area (Å²) in [5.74, 6) is 0.150. The van der Waals surface area contributed by atoms with E-state index in [2.05, 4.69) is 10.5 Å². The number of sulfone groups is 1. The molecule has 0 saturated carbocycles. The van der Waals surface area contributed by atoms with Gasteiger partial charge in [0.1, 0.15) is 0 Å². The number of amides is 1. The van der Waals surface area contributed by atoms with Crippen molar-refractivity contribution in [2.75, 3.05) is 6.26 Å². The molecule has 0 bridgehead atoms. The standard InChI is InChI=1S/C19H18N2O4S/c1-13(14-8-10-16(11-9-14)26(2,23)24)20-19(22)17-12-18(25-21-17)15-6-4-3-5-7-15/h3-13H,1-2H3,(H,20,22). The lowest BCUT2D eigenvalue weighted by atomic mass is 10.1. The van der Waals surface area contributed by atoms with Crippen molar-refractivity contribution in [3.63, 3.8) is 0 Å². The number of carbonyl (C=O) groups is 1. The molecule has 0 fully saturated rings. The molecule has 1 amide bonds. The molecule has 1 heterocycles. The Kier molecular flexibility index (Phi) is 4.90. The van der Waals surface area contributed by atoms with E-state index in [1.54, 1.807) is 18.2 Å². The van der Waals surface area contributed by atoms with Gasteiger partial charge in [-0.25, -0.2) is 8.42 Å². The Bertz CT molecular complexity index is 1010. The molecule has 3 aromatic rings. The fourth-order valence-corrected chi connectivity index (χ4v) is 3.11.